The average molecular weight is 305 g/mol. The predicted molar refractivity (Wildman–Crippen MR) is 84.7 cm³/mol. The summed E-state index contributed by atoms with van der Waals surface area (Å²) in [5.74, 6) is 6.48. The molecule has 0 fully saturated rings. The lowest BCUT2D eigenvalue weighted by molar-refractivity contribution is -0.115. The van der Waals surface area contributed by atoms with E-state index in [0.717, 1.165) is 11.3 Å². The highest BCUT2D eigenvalue weighted by atomic mass is 32.2. The standard InChI is InChI=1S/C14H19N5OS/c1-4-12-17-18-14(19(12)15)21-10(3)13(20)16-11-7-5-9(2)6-8-11/h5-8,10H,4,15H2,1-3H3,(H,16,20). The molecule has 1 amide bonds. The Morgan fingerprint density at radius 2 is 2.05 bits per heavy atom. The molecular weight excluding hydrogens is 286 g/mol. The highest BCUT2D eigenvalue weighted by Crippen LogP contribution is 2.22. The number of carbonyl (C=O) groups excluding carboxylic acids is 1. The van der Waals surface area contributed by atoms with Gasteiger partial charge in [0.15, 0.2) is 5.82 Å². The van der Waals surface area contributed by atoms with Crippen LogP contribution >= 0.6 is 11.8 Å². The summed E-state index contributed by atoms with van der Waals surface area (Å²) in [6.07, 6.45) is 0.702. The Balaban J connectivity index is 1.99. The zero-order valence-electron chi connectivity index (χ0n) is 12.3. The van der Waals surface area contributed by atoms with Crippen molar-refractivity contribution in [2.45, 2.75) is 37.6 Å². The SMILES string of the molecule is CCc1nnc(SC(C)C(=O)Nc2ccc(C)cc2)n1N. The minimum absolute atomic E-state index is 0.0927. The van der Waals surface area contributed by atoms with E-state index in [1.54, 1.807) is 0 Å². The van der Waals surface area contributed by atoms with Gasteiger partial charge in [-0.1, -0.05) is 36.4 Å². The number of aryl methyl sites for hydroxylation is 2. The molecule has 0 aliphatic carbocycles. The summed E-state index contributed by atoms with van der Waals surface area (Å²) in [6, 6.07) is 7.67. The van der Waals surface area contributed by atoms with Crippen LogP contribution in [0.5, 0.6) is 0 Å². The summed E-state index contributed by atoms with van der Waals surface area (Å²) in [5, 5.41) is 11.1. The third-order valence-electron chi connectivity index (χ3n) is 3.02. The molecule has 112 valence electrons. The van der Waals surface area contributed by atoms with Gasteiger partial charge in [-0.3, -0.25) is 4.79 Å². The lowest BCUT2D eigenvalue weighted by Gasteiger charge is -2.11. The summed E-state index contributed by atoms with van der Waals surface area (Å²) in [5.41, 5.74) is 1.93. The number of thioether (sulfide) groups is 1. The molecule has 7 heteroatoms. The molecule has 2 rings (SSSR count). The van der Waals surface area contributed by atoms with Crippen LogP contribution in [0.4, 0.5) is 5.69 Å². The van der Waals surface area contributed by atoms with Gasteiger partial charge < -0.3 is 11.2 Å². The largest absolute Gasteiger partial charge is 0.336 e. The molecule has 1 heterocycles. The van der Waals surface area contributed by atoms with Crippen molar-refractivity contribution < 1.29 is 4.79 Å². The van der Waals surface area contributed by atoms with Gasteiger partial charge in [-0.2, -0.15) is 0 Å². The first-order valence-electron chi connectivity index (χ1n) is 6.74. The monoisotopic (exact) mass is 305 g/mol. The summed E-state index contributed by atoms with van der Waals surface area (Å²) >= 11 is 1.29. The van der Waals surface area contributed by atoms with E-state index in [1.807, 2.05) is 45.0 Å². The van der Waals surface area contributed by atoms with E-state index in [1.165, 1.54) is 16.4 Å². The first-order valence-corrected chi connectivity index (χ1v) is 7.62. The van der Waals surface area contributed by atoms with Crippen molar-refractivity contribution in [1.82, 2.24) is 14.9 Å². The van der Waals surface area contributed by atoms with Crippen LogP contribution in [0.1, 0.15) is 25.2 Å². The van der Waals surface area contributed by atoms with Crippen LogP contribution < -0.4 is 11.2 Å². The van der Waals surface area contributed by atoms with Gasteiger partial charge in [0.1, 0.15) is 0 Å². The Morgan fingerprint density at radius 1 is 1.38 bits per heavy atom. The first-order chi connectivity index (χ1) is 10.0. The topological polar surface area (TPSA) is 85.8 Å². The average Bonchev–Trinajstić information content (AvgIpc) is 2.82. The Morgan fingerprint density at radius 3 is 2.62 bits per heavy atom. The second-order valence-corrected chi connectivity index (χ2v) is 6.05. The fraction of sp³-hybridized carbons (Fsp3) is 0.357. The van der Waals surface area contributed by atoms with Crippen LogP contribution in [-0.4, -0.2) is 26.0 Å². The second kappa shape index (κ2) is 6.62. The van der Waals surface area contributed by atoms with Gasteiger partial charge in [0, 0.05) is 12.1 Å². The van der Waals surface area contributed by atoms with Crippen LogP contribution in [0.15, 0.2) is 29.4 Å². The summed E-state index contributed by atoms with van der Waals surface area (Å²) < 4.78 is 1.43. The number of rotatable bonds is 5. The normalized spacial score (nSPS) is 12.1. The van der Waals surface area contributed by atoms with Crippen LogP contribution in [0, 0.1) is 6.92 Å². The van der Waals surface area contributed by atoms with E-state index >= 15 is 0 Å². The van der Waals surface area contributed by atoms with Gasteiger partial charge in [0.25, 0.3) is 0 Å². The van der Waals surface area contributed by atoms with Crippen molar-refractivity contribution in [2.24, 2.45) is 0 Å². The number of aromatic nitrogens is 3. The summed E-state index contributed by atoms with van der Waals surface area (Å²) in [6.45, 7) is 5.77. The Kier molecular flexibility index (Phi) is 4.85. The van der Waals surface area contributed by atoms with E-state index < -0.39 is 0 Å². The third kappa shape index (κ3) is 3.75. The van der Waals surface area contributed by atoms with Gasteiger partial charge in [-0.25, -0.2) is 4.68 Å². The van der Waals surface area contributed by atoms with E-state index in [4.69, 9.17) is 5.84 Å². The fourth-order valence-electron chi connectivity index (χ4n) is 1.72. The summed E-state index contributed by atoms with van der Waals surface area (Å²) in [7, 11) is 0. The van der Waals surface area contributed by atoms with Crippen molar-refractivity contribution in [3.05, 3.63) is 35.7 Å². The predicted octanol–water partition coefficient (Wildman–Crippen LogP) is 1.98. The van der Waals surface area contributed by atoms with E-state index in [-0.39, 0.29) is 11.2 Å². The lowest BCUT2D eigenvalue weighted by Crippen LogP contribution is -2.23. The van der Waals surface area contributed by atoms with E-state index in [0.29, 0.717) is 17.4 Å². The molecule has 0 saturated carbocycles. The van der Waals surface area contributed by atoms with E-state index in [9.17, 15) is 4.79 Å². The van der Waals surface area contributed by atoms with Gasteiger partial charge in [-0.15, -0.1) is 10.2 Å². The van der Waals surface area contributed by atoms with Crippen LogP contribution in [-0.2, 0) is 11.2 Å². The smallest absolute Gasteiger partial charge is 0.237 e. The number of nitrogens with two attached hydrogens (primary N) is 1. The van der Waals surface area contributed by atoms with Gasteiger partial charge >= 0.3 is 0 Å². The van der Waals surface area contributed by atoms with Gasteiger partial charge in [0.05, 0.1) is 5.25 Å². The number of benzene rings is 1. The number of amides is 1. The van der Waals surface area contributed by atoms with Crippen LogP contribution in [0.25, 0.3) is 0 Å². The first kappa shape index (κ1) is 15.4. The van der Waals surface area contributed by atoms with E-state index in [2.05, 4.69) is 15.5 Å². The molecule has 1 atom stereocenters. The highest BCUT2D eigenvalue weighted by Gasteiger charge is 2.19. The molecule has 1 unspecified atom stereocenters. The molecule has 0 radical (unpaired) electrons. The molecule has 1 aromatic carbocycles. The third-order valence-corrected chi connectivity index (χ3v) is 4.08. The number of anilines is 1. The minimum Gasteiger partial charge on any atom is -0.336 e. The van der Waals surface area contributed by atoms with Gasteiger partial charge in [-0.05, 0) is 26.0 Å². The quantitative estimate of drug-likeness (QED) is 0.651. The molecule has 3 N–H and O–H groups in total. The molecule has 0 aliphatic rings. The zero-order valence-corrected chi connectivity index (χ0v) is 13.1. The number of hydrogen-bond donors (Lipinski definition) is 2. The maximum absolute atomic E-state index is 12.2. The van der Waals surface area contributed by atoms with Crippen molar-refractivity contribution in [1.29, 1.82) is 0 Å². The van der Waals surface area contributed by atoms with Crippen molar-refractivity contribution in [2.75, 3.05) is 11.2 Å². The molecule has 21 heavy (non-hydrogen) atoms. The van der Waals surface area contributed by atoms with Crippen molar-refractivity contribution >= 4 is 23.4 Å². The maximum Gasteiger partial charge on any atom is 0.237 e. The highest BCUT2D eigenvalue weighted by molar-refractivity contribution is 8.00. The number of nitrogen functional groups attached to an aromatic ring is 1. The Bertz CT molecular complexity index is 623. The molecular formula is C14H19N5OS. The second-order valence-electron chi connectivity index (χ2n) is 4.74. The molecule has 0 saturated heterocycles. The minimum atomic E-state index is -0.317. The Hall–Kier alpha value is -2.02. The summed E-state index contributed by atoms with van der Waals surface area (Å²) in [4.78, 5) is 12.2. The van der Waals surface area contributed by atoms with Crippen LogP contribution in [0.2, 0.25) is 0 Å². The van der Waals surface area contributed by atoms with Crippen molar-refractivity contribution in [3.63, 3.8) is 0 Å². The number of nitrogens with zero attached hydrogens (tertiary/aromatic N) is 3. The van der Waals surface area contributed by atoms with Crippen LogP contribution in [0.3, 0.4) is 0 Å². The fourth-order valence-corrected chi connectivity index (χ4v) is 2.51. The lowest BCUT2D eigenvalue weighted by atomic mass is 10.2. The van der Waals surface area contributed by atoms with Crippen molar-refractivity contribution in [3.8, 4) is 0 Å². The molecule has 0 spiro atoms. The number of carbonyl (C=O) groups is 1. The zero-order chi connectivity index (χ0) is 15.4. The number of nitrogens with one attached hydrogen (secondary N) is 1. The molecule has 1 aromatic heterocycles. The maximum atomic E-state index is 12.2. The molecule has 6 nitrogen and oxygen atoms in total. The molecule has 0 bridgehead atoms. The number of hydrogen-bond acceptors (Lipinski definition) is 5. The Labute approximate surface area is 128 Å². The molecule has 0 aliphatic heterocycles. The van der Waals surface area contributed by atoms with Gasteiger partial charge in [0.2, 0.25) is 11.1 Å². The molecule has 2 aromatic rings.